The summed E-state index contributed by atoms with van der Waals surface area (Å²) in [5.74, 6) is -0.261. The third-order valence-electron chi connectivity index (χ3n) is 1.54. The standard InChI is InChI=1S/C10H8FO/c1-8-4-5-9(3-2-6-12)7-10(8)11/h2-5,7H,1H3/b3-2+. The van der Waals surface area contributed by atoms with E-state index in [0.29, 0.717) is 11.1 Å². The van der Waals surface area contributed by atoms with Gasteiger partial charge in [-0.1, -0.05) is 18.2 Å². The number of rotatable bonds is 2. The summed E-state index contributed by atoms with van der Waals surface area (Å²) in [6.07, 6.45) is 4.32. The molecule has 1 nitrogen and oxygen atoms in total. The van der Waals surface area contributed by atoms with Crippen LogP contribution in [0.5, 0.6) is 0 Å². The van der Waals surface area contributed by atoms with E-state index >= 15 is 0 Å². The normalized spacial score (nSPS) is 10.5. The molecule has 0 unspecified atom stereocenters. The molecule has 1 rings (SSSR count). The third-order valence-corrected chi connectivity index (χ3v) is 1.54. The average Bonchev–Trinajstić information content (AvgIpc) is 2.07. The summed E-state index contributed by atoms with van der Waals surface area (Å²) in [4.78, 5) is 9.82. The topological polar surface area (TPSA) is 17.1 Å². The Labute approximate surface area is 70.5 Å². The molecule has 0 saturated heterocycles. The van der Waals surface area contributed by atoms with Gasteiger partial charge in [0.25, 0.3) is 0 Å². The van der Waals surface area contributed by atoms with Crippen molar-refractivity contribution >= 4 is 12.4 Å². The number of hydrogen-bond donors (Lipinski definition) is 0. The number of carbonyl (C=O) groups excluding carboxylic acids is 1. The zero-order valence-electron chi connectivity index (χ0n) is 6.67. The summed E-state index contributed by atoms with van der Waals surface area (Å²) in [5.41, 5.74) is 1.27. The number of halogens is 1. The second-order valence-electron chi connectivity index (χ2n) is 2.46. The molecule has 1 aromatic carbocycles. The van der Waals surface area contributed by atoms with Crippen LogP contribution in [0.1, 0.15) is 11.1 Å². The predicted octanol–water partition coefficient (Wildman–Crippen LogP) is 2.26. The summed E-state index contributed by atoms with van der Waals surface area (Å²) in [7, 11) is 0. The van der Waals surface area contributed by atoms with Crippen LogP contribution >= 0.6 is 0 Å². The Morgan fingerprint density at radius 2 is 2.25 bits per heavy atom. The SMILES string of the molecule is Cc1ccc(/C=C/[C]=O)cc1F. The summed E-state index contributed by atoms with van der Waals surface area (Å²) in [6.45, 7) is 1.69. The molecule has 2 heteroatoms. The molecule has 0 fully saturated rings. The van der Waals surface area contributed by atoms with E-state index in [9.17, 15) is 9.18 Å². The molecule has 0 heterocycles. The molecule has 1 radical (unpaired) electrons. The summed E-state index contributed by atoms with van der Waals surface area (Å²) >= 11 is 0. The van der Waals surface area contributed by atoms with Crippen LogP contribution in [0.3, 0.4) is 0 Å². The highest BCUT2D eigenvalue weighted by Gasteiger charge is 1.95. The van der Waals surface area contributed by atoms with Gasteiger partial charge in [-0.3, -0.25) is 4.79 Å². The van der Waals surface area contributed by atoms with Gasteiger partial charge in [0.1, 0.15) is 5.82 Å². The maximum absolute atomic E-state index is 12.9. The smallest absolute Gasteiger partial charge is 0.225 e. The Kier molecular flexibility index (Phi) is 2.75. The maximum Gasteiger partial charge on any atom is 0.225 e. The van der Waals surface area contributed by atoms with Gasteiger partial charge in [-0.2, -0.15) is 0 Å². The highest BCUT2D eigenvalue weighted by atomic mass is 19.1. The van der Waals surface area contributed by atoms with E-state index in [2.05, 4.69) is 0 Å². The molecule has 0 aliphatic rings. The lowest BCUT2D eigenvalue weighted by Gasteiger charge is -1.96. The minimum atomic E-state index is -0.261. The van der Waals surface area contributed by atoms with Crippen LogP contribution in [0.15, 0.2) is 24.3 Å². The van der Waals surface area contributed by atoms with E-state index in [1.807, 2.05) is 0 Å². The van der Waals surface area contributed by atoms with Crippen molar-refractivity contribution in [2.45, 2.75) is 6.92 Å². The Morgan fingerprint density at radius 3 is 2.83 bits per heavy atom. The summed E-state index contributed by atoms with van der Waals surface area (Å²) < 4.78 is 12.9. The highest BCUT2D eigenvalue weighted by molar-refractivity contribution is 5.74. The van der Waals surface area contributed by atoms with Crippen molar-refractivity contribution in [2.24, 2.45) is 0 Å². The van der Waals surface area contributed by atoms with Crippen LogP contribution in [0.2, 0.25) is 0 Å². The van der Waals surface area contributed by atoms with E-state index in [0.717, 1.165) is 0 Å². The van der Waals surface area contributed by atoms with Gasteiger partial charge in [-0.05, 0) is 30.2 Å². The van der Waals surface area contributed by atoms with Gasteiger partial charge >= 0.3 is 0 Å². The van der Waals surface area contributed by atoms with E-state index in [1.54, 1.807) is 25.3 Å². The van der Waals surface area contributed by atoms with Crippen molar-refractivity contribution in [1.29, 1.82) is 0 Å². The molecule has 0 amide bonds. The first-order valence-electron chi connectivity index (χ1n) is 3.54. The maximum atomic E-state index is 12.9. The summed E-state index contributed by atoms with van der Waals surface area (Å²) in [6, 6.07) is 4.79. The van der Waals surface area contributed by atoms with Crippen molar-refractivity contribution in [2.75, 3.05) is 0 Å². The first-order valence-corrected chi connectivity index (χ1v) is 3.54. The van der Waals surface area contributed by atoms with E-state index in [4.69, 9.17) is 0 Å². The highest BCUT2D eigenvalue weighted by Crippen LogP contribution is 2.09. The van der Waals surface area contributed by atoms with Gasteiger partial charge < -0.3 is 0 Å². The summed E-state index contributed by atoms with van der Waals surface area (Å²) in [5, 5.41) is 0. The van der Waals surface area contributed by atoms with Crippen molar-refractivity contribution in [1.82, 2.24) is 0 Å². The van der Waals surface area contributed by atoms with E-state index in [1.165, 1.54) is 18.2 Å². The zero-order chi connectivity index (χ0) is 8.97. The molecule has 0 bridgehead atoms. The first kappa shape index (κ1) is 8.65. The largest absolute Gasteiger partial charge is 0.286 e. The molecular formula is C10H8FO. The first-order chi connectivity index (χ1) is 5.74. The minimum absolute atomic E-state index is 0.261. The van der Waals surface area contributed by atoms with Crippen LogP contribution in [0, 0.1) is 12.7 Å². The lowest BCUT2D eigenvalue weighted by Crippen LogP contribution is -1.82. The molecule has 0 aliphatic heterocycles. The van der Waals surface area contributed by atoms with Crippen LogP contribution in [0.4, 0.5) is 4.39 Å². The van der Waals surface area contributed by atoms with Crippen molar-refractivity contribution < 1.29 is 9.18 Å². The average molecular weight is 163 g/mol. The molecule has 0 spiro atoms. The van der Waals surface area contributed by atoms with Crippen molar-refractivity contribution in [3.05, 3.63) is 41.2 Å². The molecule has 0 aliphatic carbocycles. The fraction of sp³-hybridized carbons (Fsp3) is 0.100. The molecule has 0 atom stereocenters. The Balaban J connectivity index is 2.96. The molecule has 12 heavy (non-hydrogen) atoms. The van der Waals surface area contributed by atoms with Gasteiger partial charge in [0.15, 0.2) is 0 Å². The molecule has 0 N–H and O–H groups in total. The van der Waals surface area contributed by atoms with E-state index in [-0.39, 0.29) is 5.82 Å². The third kappa shape index (κ3) is 2.02. The van der Waals surface area contributed by atoms with Gasteiger partial charge in [0.2, 0.25) is 6.29 Å². The fourth-order valence-corrected chi connectivity index (χ4v) is 0.843. The number of benzene rings is 1. The Bertz CT molecular complexity index is 316. The quantitative estimate of drug-likeness (QED) is 0.611. The fourth-order valence-electron chi connectivity index (χ4n) is 0.843. The van der Waals surface area contributed by atoms with Crippen molar-refractivity contribution in [3.8, 4) is 0 Å². The van der Waals surface area contributed by atoms with Gasteiger partial charge in [0.05, 0.1) is 0 Å². The molecule has 1 aromatic rings. The van der Waals surface area contributed by atoms with E-state index < -0.39 is 0 Å². The Morgan fingerprint density at radius 1 is 1.50 bits per heavy atom. The number of allylic oxidation sites excluding steroid dienone is 1. The number of aryl methyl sites for hydroxylation is 1. The molecule has 0 saturated carbocycles. The Hall–Kier alpha value is -1.44. The monoisotopic (exact) mass is 163 g/mol. The lowest BCUT2D eigenvalue weighted by atomic mass is 10.1. The zero-order valence-corrected chi connectivity index (χ0v) is 6.67. The van der Waals surface area contributed by atoms with Crippen molar-refractivity contribution in [3.63, 3.8) is 0 Å². The van der Waals surface area contributed by atoms with Crippen LogP contribution < -0.4 is 0 Å². The number of hydrogen-bond acceptors (Lipinski definition) is 1. The second-order valence-corrected chi connectivity index (χ2v) is 2.46. The molecular weight excluding hydrogens is 155 g/mol. The van der Waals surface area contributed by atoms with Crippen LogP contribution in [0.25, 0.3) is 6.08 Å². The second kappa shape index (κ2) is 3.81. The van der Waals surface area contributed by atoms with Gasteiger partial charge in [0, 0.05) is 0 Å². The lowest BCUT2D eigenvalue weighted by molar-refractivity contribution is 0.564. The van der Waals surface area contributed by atoms with Gasteiger partial charge in [-0.25, -0.2) is 4.39 Å². The van der Waals surface area contributed by atoms with Gasteiger partial charge in [-0.15, -0.1) is 0 Å². The molecule has 0 aromatic heterocycles. The van der Waals surface area contributed by atoms with Crippen LogP contribution in [-0.2, 0) is 4.79 Å². The predicted molar refractivity (Wildman–Crippen MR) is 45.9 cm³/mol. The van der Waals surface area contributed by atoms with Crippen LogP contribution in [-0.4, -0.2) is 6.29 Å². The molecule has 61 valence electrons. The minimum Gasteiger partial charge on any atom is -0.286 e.